The van der Waals surface area contributed by atoms with E-state index >= 15 is 0 Å². The molecule has 30 heavy (non-hydrogen) atoms. The first-order valence-electron chi connectivity index (χ1n) is 9.71. The number of carbonyl (C=O) groups is 1. The van der Waals surface area contributed by atoms with E-state index in [2.05, 4.69) is 10.6 Å². The standard InChI is InChI=1S/C24H24ClFN2O2/c1-16(2)24(29)28-21-10-8-20(9-11-21)27-14-17-4-3-5-22(12-17)30-15-18-6-7-19(26)13-23(18)25/h3-13,16,27H,14-15H2,1-2H3,(H,28,29). The van der Waals surface area contributed by atoms with Gasteiger partial charge in [0.2, 0.25) is 5.91 Å². The van der Waals surface area contributed by atoms with Crippen molar-refractivity contribution in [3.63, 3.8) is 0 Å². The van der Waals surface area contributed by atoms with Crippen molar-refractivity contribution in [3.05, 3.63) is 88.7 Å². The summed E-state index contributed by atoms with van der Waals surface area (Å²) in [7, 11) is 0. The Kier molecular flexibility index (Phi) is 7.31. The van der Waals surface area contributed by atoms with Crippen LogP contribution in [0.3, 0.4) is 0 Å². The molecule has 3 rings (SSSR count). The fourth-order valence-electron chi connectivity index (χ4n) is 2.71. The van der Waals surface area contributed by atoms with Crippen LogP contribution in [0.5, 0.6) is 5.75 Å². The molecule has 3 aromatic rings. The van der Waals surface area contributed by atoms with Gasteiger partial charge in [-0.05, 0) is 54.1 Å². The summed E-state index contributed by atoms with van der Waals surface area (Å²) < 4.78 is 18.9. The Balaban J connectivity index is 1.54. The Labute approximate surface area is 181 Å². The zero-order chi connectivity index (χ0) is 21.5. The number of amides is 1. The number of anilines is 2. The summed E-state index contributed by atoms with van der Waals surface area (Å²) in [6, 6.07) is 19.6. The van der Waals surface area contributed by atoms with E-state index in [0.29, 0.717) is 17.3 Å². The second kappa shape index (κ2) is 10.1. The normalized spacial score (nSPS) is 10.7. The lowest BCUT2D eigenvalue weighted by molar-refractivity contribution is -0.118. The SMILES string of the molecule is CC(C)C(=O)Nc1ccc(NCc2cccc(OCc3ccc(F)cc3Cl)c2)cc1. The largest absolute Gasteiger partial charge is 0.489 e. The van der Waals surface area contributed by atoms with Crippen LogP contribution < -0.4 is 15.4 Å². The number of hydrogen-bond acceptors (Lipinski definition) is 3. The van der Waals surface area contributed by atoms with Crippen LogP contribution in [0.2, 0.25) is 5.02 Å². The summed E-state index contributed by atoms with van der Waals surface area (Å²) in [6.07, 6.45) is 0. The first-order chi connectivity index (χ1) is 14.4. The minimum absolute atomic E-state index is 0.00514. The second-order valence-electron chi connectivity index (χ2n) is 7.25. The van der Waals surface area contributed by atoms with Crippen LogP contribution in [0, 0.1) is 11.7 Å². The molecule has 0 bridgehead atoms. The van der Waals surface area contributed by atoms with E-state index < -0.39 is 0 Å². The minimum Gasteiger partial charge on any atom is -0.489 e. The highest BCUT2D eigenvalue weighted by atomic mass is 35.5. The lowest BCUT2D eigenvalue weighted by Gasteiger charge is -2.11. The smallest absolute Gasteiger partial charge is 0.226 e. The van der Waals surface area contributed by atoms with Crippen molar-refractivity contribution in [1.82, 2.24) is 0 Å². The topological polar surface area (TPSA) is 50.4 Å². The maximum Gasteiger partial charge on any atom is 0.226 e. The van der Waals surface area contributed by atoms with Crippen molar-refractivity contribution in [3.8, 4) is 5.75 Å². The van der Waals surface area contributed by atoms with E-state index in [1.807, 2.05) is 62.4 Å². The van der Waals surface area contributed by atoms with Crippen molar-refractivity contribution in [2.45, 2.75) is 27.0 Å². The van der Waals surface area contributed by atoms with Crippen molar-refractivity contribution < 1.29 is 13.9 Å². The molecule has 0 radical (unpaired) electrons. The highest BCUT2D eigenvalue weighted by molar-refractivity contribution is 6.31. The molecule has 0 aliphatic heterocycles. The average Bonchev–Trinajstić information content (AvgIpc) is 2.73. The zero-order valence-corrected chi connectivity index (χ0v) is 17.7. The molecule has 0 saturated carbocycles. The first-order valence-corrected chi connectivity index (χ1v) is 10.1. The van der Waals surface area contributed by atoms with Crippen molar-refractivity contribution in [1.29, 1.82) is 0 Å². The summed E-state index contributed by atoms with van der Waals surface area (Å²) in [5, 5.41) is 6.57. The monoisotopic (exact) mass is 426 g/mol. The minimum atomic E-state index is -0.368. The number of nitrogens with one attached hydrogen (secondary N) is 2. The average molecular weight is 427 g/mol. The van der Waals surface area contributed by atoms with Crippen LogP contribution in [0.1, 0.15) is 25.0 Å². The fraction of sp³-hybridized carbons (Fsp3) is 0.208. The lowest BCUT2D eigenvalue weighted by atomic mass is 10.2. The van der Waals surface area contributed by atoms with E-state index in [0.717, 1.165) is 22.5 Å². The third-order valence-electron chi connectivity index (χ3n) is 4.48. The number of carbonyl (C=O) groups excluding carboxylic acids is 1. The van der Waals surface area contributed by atoms with Gasteiger partial charge in [-0.15, -0.1) is 0 Å². The summed E-state index contributed by atoms with van der Waals surface area (Å²) in [4.78, 5) is 11.8. The molecule has 4 nitrogen and oxygen atoms in total. The van der Waals surface area contributed by atoms with Gasteiger partial charge in [0.25, 0.3) is 0 Å². The molecule has 2 N–H and O–H groups in total. The third kappa shape index (κ3) is 6.22. The van der Waals surface area contributed by atoms with E-state index in [9.17, 15) is 9.18 Å². The maximum atomic E-state index is 13.1. The van der Waals surface area contributed by atoms with Gasteiger partial charge in [0.05, 0.1) is 5.02 Å². The summed E-state index contributed by atoms with van der Waals surface area (Å²) in [6.45, 7) is 4.60. The van der Waals surface area contributed by atoms with Gasteiger partial charge in [-0.2, -0.15) is 0 Å². The van der Waals surface area contributed by atoms with E-state index in [4.69, 9.17) is 16.3 Å². The van der Waals surface area contributed by atoms with Crippen LogP contribution in [0.15, 0.2) is 66.7 Å². The molecule has 1 amide bonds. The molecule has 0 aromatic heterocycles. The van der Waals surface area contributed by atoms with Gasteiger partial charge in [0, 0.05) is 29.4 Å². The molecule has 0 spiro atoms. The molecule has 0 aliphatic rings. The molecule has 0 saturated heterocycles. The number of ether oxygens (including phenoxy) is 1. The molecule has 0 fully saturated rings. The summed E-state index contributed by atoms with van der Waals surface area (Å²) >= 11 is 6.05. The van der Waals surface area contributed by atoms with Crippen LogP contribution in [-0.2, 0) is 17.9 Å². The fourth-order valence-corrected chi connectivity index (χ4v) is 2.93. The van der Waals surface area contributed by atoms with Gasteiger partial charge in [0.1, 0.15) is 18.2 Å². The Morgan fingerprint density at radius 2 is 1.77 bits per heavy atom. The molecule has 156 valence electrons. The first kappa shape index (κ1) is 21.7. The van der Waals surface area contributed by atoms with E-state index in [-0.39, 0.29) is 24.2 Å². The van der Waals surface area contributed by atoms with Gasteiger partial charge in [-0.25, -0.2) is 4.39 Å². The zero-order valence-electron chi connectivity index (χ0n) is 16.9. The number of rotatable bonds is 8. The van der Waals surface area contributed by atoms with Crippen molar-refractivity contribution >= 4 is 28.9 Å². The predicted octanol–water partition coefficient (Wildman–Crippen LogP) is 6.26. The van der Waals surface area contributed by atoms with E-state index in [1.165, 1.54) is 12.1 Å². The highest BCUT2D eigenvalue weighted by Crippen LogP contribution is 2.21. The molecule has 6 heteroatoms. The number of halogens is 2. The van der Waals surface area contributed by atoms with Crippen LogP contribution in [-0.4, -0.2) is 5.91 Å². The van der Waals surface area contributed by atoms with Gasteiger partial charge >= 0.3 is 0 Å². The number of benzene rings is 3. The maximum absolute atomic E-state index is 13.1. The Morgan fingerprint density at radius 3 is 2.47 bits per heavy atom. The Morgan fingerprint density at radius 1 is 1.03 bits per heavy atom. The molecule has 0 heterocycles. The van der Waals surface area contributed by atoms with Gasteiger partial charge in [-0.3, -0.25) is 4.79 Å². The third-order valence-corrected chi connectivity index (χ3v) is 4.83. The molecule has 0 aliphatic carbocycles. The predicted molar refractivity (Wildman–Crippen MR) is 119 cm³/mol. The van der Waals surface area contributed by atoms with Gasteiger partial charge in [0.15, 0.2) is 0 Å². The Bertz CT molecular complexity index is 1010. The van der Waals surface area contributed by atoms with Crippen molar-refractivity contribution in [2.24, 2.45) is 5.92 Å². The highest BCUT2D eigenvalue weighted by Gasteiger charge is 2.07. The lowest BCUT2D eigenvalue weighted by Crippen LogP contribution is -2.17. The molecule has 3 aromatic carbocycles. The number of hydrogen-bond donors (Lipinski definition) is 2. The van der Waals surface area contributed by atoms with Gasteiger partial charge < -0.3 is 15.4 Å². The quantitative estimate of drug-likeness (QED) is 0.446. The molecule has 0 unspecified atom stereocenters. The van der Waals surface area contributed by atoms with Gasteiger partial charge in [-0.1, -0.05) is 43.6 Å². The van der Waals surface area contributed by atoms with Crippen molar-refractivity contribution in [2.75, 3.05) is 10.6 Å². The van der Waals surface area contributed by atoms with Crippen LogP contribution in [0.4, 0.5) is 15.8 Å². The molecular formula is C24H24ClFN2O2. The van der Waals surface area contributed by atoms with E-state index in [1.54, 1.807) is 6.07 Å². The summed E-state index contributed by atoms with van der Waals surface area (Å²) in [5.74, 6) is 0.277. The molecule has 0 atom stereocenters. The van der Waals surface area contributed by atoms with Crippen LogP contribution >= 0.6 is 11.6 Å². The summed E-state index contributed by atoms with van der Waals surface area (Å²) in [5.41, 5.74) is 3.50. The van der Waals surface area contributed by atoms with Crippen LogP contribution in [0.25, 0.3) is 0 Å². The second-order valence-corrected chi connectivity index (χ2v) is 7.65. The molecular weight excluding hydrogens is 403 g/mol. The Hall–Kier alpha value is -3.05.